The number of benzene rings is 2. The Morgan fingerprint density at radius 1 is 1.11 bits per heavy atom. The topological polar surface area (TPSA) is 67.9 Å². The molecule has 1 fully saturated rings. The summed E-state index contributed by atoms with van der Waals surface area (Å²) in [6.07, 6.45) is 0. The van der Waals surface area contributed by atoms with Crippen molar-refractivity contribution in [1.82, 2.24) is 4.90 Å². The van der Waals surface area contributed by atoms with Crippen LogP contribution in [0, 0.1) is 0 Å². The fourth-order valence-electron chi connectivity index (χ4n) is 2.63. The maximum atomic E-state index is 12.7. The number of ether oxygens (including phenoxy) is 2. The monoisotopic (exact) mass is 408 g/mol. The van der Waals surface area contributed by atoms with Crippen LogP contribution in [0.25, 0.3) is 0 Å². The Labute approximate surface area is 167 Å². The number of hydrogen-bond acceptors (Lipinski definition) is 4. The maximum Gasteiger partial charge on any atom is 0.262 e. The number of anilines is 1. The average Bonchev–Trinajstić information content (AvgIpc) is 2.69. The molecular weight excluding hydrogens is 391 g/mol. The molecule has 0 unspecified atom stereocenters. The van der Waals surface area contributed by atoms with Gasteiger partial charge in [-0.3, -0.25) is 9.59 Å². The summed E-state index contributed by atoms with van der Waals surface area (Å²) in [4.78, 5) is 26.6. The fourth-order valence-corrected chi connectivity index (χ4v) is 2.97. The summed E-state index contributed by atoms with van der Waals surface area (Å²) in [5.74, 6) is -0.207. The standard InChI is InChI=1S/C19H18Cl2N2O4/c20-13-5-6-15(21)16(11-13)22-18(24)12-27-17-4-2-1-3-14(17)19(25)23-7-9-26-10-8-23/h1-6,11H,7-10,12H2,(H,22,24). The zero-order valence-electron chi connectivity index (χ0n) is 14.4. The van der Waals surface area contributed by atoms with Crippen molar-refractivity contribution in [1.29, 1.82) is 0 Å². The summed E-state index contributed by atoms with van der Waals surface area (Å²) < 4.78 is 10.9. The van der Waals surface area contributed by atoms with E-state index in [9.17, 15) is 9.59 Å². The van der Waals surface area contributed by atoms with Crippen LogP contribution in [0.3, 0.4) is 0 Å². The number of carbonyl (C=O) groups excluding carboxylic acids is 2. The first-order valence-corrected chi connectivity index (χ1v) is 9.14. The summed E-state index contributed by atoms with van der Waals surface area (Å²) >= 11 is 11.9. The van der Waals surface area contributed by atoms with E-state index in [1.54, 1.807) is 47.4 Å². The molecule has 0 atom stereocenters. The first-order valence-electron chi connectivity index (χ1n) is 8.38. The second-order valence-corrected chi connectivity index (χ2v) is 6.71. The Balaban J connectivity index is 1.65. The SMILES string of the molecule is O=C(COc1ccccc1C(=O)N1CCOCC1)Nc1cc(Cl)ccc1Cl. The van der Waals surface area contributed by atoms with Gasteiger partial charge in [-0.05, 0) is 30.3 Å². The molecule has 0 radical (unpaired) electrons. The van der Waals surface area contributed by atoms with Gasteiger partial charge in [0.15, 0.2) is 6.61 Å². The minimum Gasteiger partial charge on any atom is -0.483 e. The van der Waals surface area contributed by atoms with Crippen molar-refractivity contribution in [2.45, 2.75) is 0 Å². The molecule has 8 heteroatoms. The van der Waals surface area contributed by atoms with E-state index < -0.39 is 5.91 Å². The average molecular weight is 409 g/mol. The molecule has 0 aromatic heterocycles. The molecule has 1 N–H and O–H groups in total. The molecule has 0 spiro atoms. The lowest BCUT2D eigenvalue weighted by atomic mass is 10.1. The van der Waals surface area contributed by atoms with E-state index in [1.165, 1.54) is 0 Å². The van der Waals surface area contributed by atoms with Crippen molar-refractivity contribution >= 4 is 40.7 Å². The van der Waals surface area contributed by atoms with Crippen LogP contribution in [-0.2, 0) is 9.53 Å². The van der Waals surface area contributed by atoms with Crippen LogP contribution in [-0.4, -0.2) is 49.6 Å². The Hall–Kier alpha value is -2.28. The van der Waals surface area contributed by atoms with Gasteiger partial charge in [0, 0.05) is 18.1 Å². The summed E-state index contributed by atoms with van der Waals surface area (Å²) in [6, 6.07) is 11.6. The van der Waals surface area contributed by atoms with Gasteiger partial charge in [0.05, 0.1) is 29.5 Å². The predicted octanol–water partition coefficient (Wildman–Crippen LogP) is 3.48. The minimum atomic E-state index is -0.409. The third-order valence-electron chi connectivity index (χ3n) is 3.98. The van der Waals surface area contributed by atoms with Gasteiger partial charge >= 0.3 is 0 Å². The van der Waals surface area contributed by atoms with Crippen molar-refractivity contribution in [3.63, 3.8) is 0 Å². The van der Waals surface area contributed by atoms with Crippen LogP contribution in [0.4, 0.5) is 5.69 Å². The van der Waals surface area contributed by atoms with E-state index in [2.05, 4.69) is 5.32 Å². The molecule has 0 bridgehead atoms. The lowest BCUT2D eigenvalue weighted by Gasteiger charge is -2.27. The first-order chi connectivity index (χ1) is 13.0. The molecule has 0 aliphatic carbocycles. The molecule has 0 saturated carbocycles. The van der Waals surface area contributed by atoms with Crippen LogP contribution in [0.1, 0.15) is 10.4 Å². The van der Waals surface area contributed by atoms with Crippen molar-refractivity contribution < 1.29 is 19.1 Å². The quantitative estimate of drug-likeness (QED) is 0.821. The third-order valence-corrected chi connectivity index (χ3v) is 4.54. The van der Waals surface area contributed by atoms with Crippen LogP contribution in [0.2, 0.25) is 10.0 Å². The zero-order valence-corrected chi connectivity index (χ0v) is 15.9. The summed E-state index contributed by atoms with van der Waals surface area (Å²) in [5, 5.41) is 3.47. The molecule has 2 amide bonds. The molecular formula is C19H18Cl2N2O4. The molecule has 2 aromatic carbocycles. The molecule has 1 aliphatic heterocycles. The highest BCUT2D eigenvalue weighted by Crippen LogP contribution is 2.25. The van der Waals surface area contributed by atoms with Crippen LogP contribution < -0.4 is 10.1 Å². The number of rotatable bonds is 5. The maximum absolute atomic E-state index is 12.7. The van der Waals surface area contributed by atoms with Gasteiger partial charge in [0.2, 0.25) is 0 Å². The Morgan fingerprint density at radius 3 is 2.63 bits per heavy atom. The zero-order chi connectivity index (χ0) is 19.2. The van der Waals surface area contributed by atoms with E-state index in [0.717, 1.165) is 0 Å². The Bertz CT molecular complexity index is 838. The van der Waals surface area contributed by atoms with E-state index in [0.29, 0.717) is 53.3 Å². The summed E-state index contributed by atoms with van der Waals surface area (Å²) in [6.45, 7) is 1.81. The minimum absolute atomic E-state index is 0.146. The first kappa shape index (κ1) is 19.5. The second-order valence-electron chi connectivity index (χ2n) is 5.86. The van der Waals surface area contributed by atoms with E-state index in [-0.39, 0.29) is 12.5 Å². The molecule has 142 valence electrons. The molecule has 3 rings (SSSR count). The lowest BCUT2D eigenvalue weighted by Crippen LogP contribution is -2.40. The van der Waals surface area contributed by atoms with Crippen LogP contribution >= 0.6 is 23.2 Å². The van der Waals surface area contributed by atoms with E-state index >= 15 is 0 Å². The number of amides is 2. The normalized spacial score (nSPS) is 13.9. The number of nitrogens with one attached hydrogen (secondary N) is 1. The van der Waals surface area contributed by atoms with Gasteiger partial charge in [-0.25, -0.2) is 0 Å². The van der Waals surface area contributed by atoms with Gasteiger partial charge in [-0.1, -0.05) is 35.3 Å². The summed E-state index contributed by atoms with van der Waals surface area (Å²) in [7, 11) is 0. The van der Waals surface area contributed by atoms with Gasteiger partial charge < -0.3 is 19.7 Å². The number of carbonyl (C=O) groups is 2. The number of morpholine rings is 1. The molecule has 2 aromatic rings. The van der Waals surface area contributed by atoms with Crippen molar-refractivity contribution in [3.8, 4) is 5.75 Å². The molecule has 6 nitrogen and oxygen atoms in total. The van der Waals surface area contributed by atoms with Crippen LogP contribution in [0.15, 0.2) is 42.5 Å². The molecule has 1 aliphatic rings. The molecule has 1 saturated heterocycles. The Kier molecular flexibility index (Phi) is 6.55. The van der Waals surface area contributed by atoms with Gasteiger partial charge in [-0.15, -0.1) is 0 Å². The van der Waals surface area contributed by atoms with Crippen molar-refractivity contribution in [3.05, 3.63) is 58.1 Å². The number of nitrogens with zero attached hydrogens (tertiary/aromatic N) is 1. The third kappa shape index (κ3) is 5.13. The van der Waals surface area contributed by atoms with E-state index in [1.807, 2.05) is 0 Å². The number of hydrogen-bond donors (Lipinski definition) is 1. The number of para-hydroxylation sites is 1. The lowest BCUT2D eigenvalue weighted by molar-refractivity contribution is -0.118. The highest BCUT2D eigenvalue weighted by atomic mass is 35.5. The smallest absolute Gasteiger partial charge is 0.262 e. The van der Waals surface area contributed by atoms with Crippen LogP contribution in [0.5, 0.6) is 5.75 Å². The number of halogens is 2. The highest BCUT2D eigenvalue weighted by Gasteiger charge is 2.21. The van der Waals surface area contributed by atoms with Gasteiger partial charge in [0.25, 0.3) is 11.8 Å². The Morgan fingerprint density at radius 2 is 1.85 bits per heavy atom. The van der Waals surface area contributed by atoms with Crippen molar-refractivity contribution in [2.75, 3.05) is 38.2 Å². The van der Waals surface area contributed by atoms with Crippen molar-refractivity contribution in [2.24, 2.45) is 0 Å². The van der Waals surface area contributed by atoms with Gasteiger partial charge in [-0.2, -0.15) is 0 Å². The second kappa shape index (κ2) is 9.08. The molecule has 27 heavy (non-hydrogen) atoms. The van der Waals surface area contributed by atoms with E-state index in [4.69, 9.17) is 32.7 Å². The highest BCUT2D eigenvalue weighted by molar-refractivity contribution is 6.35. The van der Waals surface area contributed by atoms with Gasteiger partial charge in [0.1, 0.15) is 5.75 Å². The fraction of sp³-hybridized carbons (Fsp3) is 0.263. The largest absolute Gasteiger partial charge is 0.483 e. The summed E-state index contributed by atoms with van der Waals surface area (Å²) in [5.41, 5.74) is 0.809. The molecule has 1 heterocycles. The predicted molar refractivity (Wildman–Crippen MR) is 104 cm³/mol.